The molecule has 1 aromatic carbocycles. The van der Waals surface area contributed by atoms with E-state index >= 15 is 0 Å². The minimum Gasteiger partial charge on any atom is -0.508 e. The van der Waals surface area contributed by atoms with Gasteiger partial charge in [0.15, 0.2) is 0 Å². The Morgan fingerprint density at radius 3 is 3.42 bits per heavy atom. The van der Waals surface area contributed by atoms with Gasteiger partial charge in [-0.05, 0) is 24.7 Å². The number of phenols is 1. The van der Waals surface area contributed by atoms with Gasteiger partial charge in [-0.25, -0.2) is 0 Å². The highest BCUT2D eigenvalue weighted by atomic mass is 16.3. The molecule has 0 aliphatic carbocycles. The van der Waals surface area contributed by atoms with Crippen molar-refractivity contribution in [3.63, 3.8) is 0 Å². The summed E-state index contributed by atoms with van der Waals surface area (Å²) in [6.07, 6.45) is -1.66. The van der Waals surface area contributed by atoms with E-state index in [2.05, 4.69) is 10.2 Å². The maximum atomic E-state index is 7.92. The second-order valence-corrected chi connectivity index (χ2v) is 2.43. The summed E-state index contributed by atoms with van der Waals surface area (Å²) in [6, 6.07) is 6.20. The van der Waals surface area contributed by atoms with Crippen LogP contribution in [0, 0.1) is 0 Å². The Morgan fingerprint density at radius 2 is 2.75 bits per heavy atom. The number of likely N-dealkylation sites (N-methyl/N-ethyl adjacent to an activating group) is 1. The quantitative estimate of drug-likeness (QED) is 0.609. The molecular formula is C9H13NO2. The number of phenolic OH excluding ortho intramolecular Hbond substituents is 1. The summed E-state index contributed by atoms with van der Waals surface area (Å²) in [5.41, 5.74) is 0.367. The fourth-order valence-electron chi connectivity index (χ4n) is 0.904. The molecule has 0 aromatic heterocycles. The molecule has 12 heavy (non-hydrogen) atoms. The van der Waals surface area contributed by atoms with Crippen LogP contribution in [0.3, 0.4) is 0 Å². The van der Waals surface area contributed by atoms with E-state index < -0.39 is 6.08 Å². The average molecular weight is 171 g/mol. The number of aromatic hydroxyl groups is 1. The van der Waals surface area contributed by atoms with E-state index in [9.17, 15) is 0 Å². The molecule has 0 heterocycles. The van der Waals surface area contributed by atoms with Crippen molar-refractivity contribution in [3.05, 3.63) is 29.8 Å². The van der Waals surface area contributed by atoms with E-state index in [1.807, 2.05) is 0 Å². The Labute approximate surface area is 77.5 Å². The molecule has 0 aliphatic heterocycles. The third-order valence-corrected chi connectivity index (χ3v) is 1.46. The van der Waals surface area contributed by atoms with Gasteiger partial charge in [0.1, 0.15) is 7.16 Å². The minimum atomic E-state index is -1.66. The summed E-state index contributed by atoms with van der Waals surface area (Å²) >= 11 is 0. The van der Waals surface area contributed by atoms with Crippen molar-refractivity contribution >= 4 is 0 Å². The van der Waals surface area contributed by atoms with Crippen LogP contribution in [0.15, 0.2) is 24.3 Å². The highest BCUT2D eigenvalue weighted by molar-refractivity contribution is 5.28. The van der Waals surface area contributed by atoms with Gasteiger partial charge < -0.3 is 15.5 Å². The minimum absolute atomic E-state index is 0.0854. The van der Waals surface area contributed by atoms with Crippen molar-refractivity contribution in [2.45, 2.75) is 6.08 Å². The van der Waals surface area contributed by atoms with Crippen LogP contribution in [0.25, 0.3) is 0 Å². The van der Waals surface area contributed by atoms with E-state index in [0.29, 0.717) is 5.56 Å². The van der Waals surface area contributed by atoms with Gasteiger partial charge in [0.05, 0.1) is 7.45 Å². The zero-order chi connectivity index (χ0) is 12.2. The van der Waals surface area contributed by atoms with Crippen LogP contribution in [-0.4, -0.2) is 26.7 Å². The van der Waals surface area contributed by atoms with Gasteiger partial charge in [0, 0.05) is 6.54 Å². The van der Waals surface area contributed by atoms with Gasteiger partial charge in [-0.15, -0.1) is 0 Å². The molecule has 0 radical (unpaired) electrons. The first kappa shape index (κ1) is 4.84. The van der Waals surface area contributed by atoms with Gasteiger partial charge in [-0.2, -0.15) is 0 Å². The molecule has 0 amide bonds. The van der Waals surface area contributed by atoms with Crippen molar-refractivity contribution in [2.75, 3.05) is 13.6 Å². The molecule has 0 spiro atoms. The maximum Gasteiger partial charge on any atom is 0.293 e. The number of rotatable bonds is 5. The van der Waals surface area contributed by atoms with Gasteiger partial charge in [-0.3, -0.25) is 0 Å². The normalized spacial score (nSPS) is 20.2. The first-order chi connectivity index (χ1) is 7.51. The van der Waals surface area contributed by atoms with E-state index in [0.717, 1.165) is 5.31 Å². The largest absolute Gasteiger partial charge is 0.508 e. The third kappa shape index (κ3) is 2.22. The number of hydrogen-bond donors (Lipinski definition) is 3. The molecule has 1 aromatic rings. The van der Waals surface area contributed by atoms with Crippen LogP contribution in [0.1, 0.15) is 13.0 Å². The first-order valence-electron chi connectivity index (χ1n) is 5.36. The SMILES string of the molecule is [2H]Oc1cccc([C@@]([2H])(CN([2H])C)O[2H])c1. The van der Waals surface area contributed by atoms with Gasteiger partial charge >= 0.3 is 0 Å². The summed E-state index contributed by atoms with van der Waals surface area (Å²) < 4.78 is 28.9. The number of benzene rings is 1. The lowest BCUT2D eigenvalue weighted by Crippen LogP contribution is -2.16. The van der Waals surface area contributed by atoms with E-state index in [4.69, 9.17) is 5.64 Å². The second kappa shape index (κ2) is 4.09. The van der Waals surface area contributed by atoms with Crippen LogP contribution in [0.2, 0.25) is 1.41 Å². The molecule has 1 atom stereocenters. The van der Waals surface area contributed by atoms with Gasteiger partial charge in [-0.1, -0.05) is 12.1 Å². The Kier molecular flexibility index (Phi) is 1.65. The highest BCUT2D eigenvalue weighted by Crippen LogP contribution is 2.17. The van der Waals surface area contributed by atoms with Gasteiger partial charge in [0.2, 0.25) is 1.43 Å². The van der Waals surface area contributed by atoms with Crippen molar-refractivity contribution in [1.29, 1.82) is 2.86 Å². The lowest BCUT2D eigenvalue weighted by atomic mass is 10.1. The fraction of sp³-hybridized carbons (Fsp3) is 0.333. The fourth-order valence-corrected chi connectivity index (χ4v) is 0.904. The molecule has 0 unspecified atom stereocenters. The van der Waals surface area contributed by atoms with Gasteiger partial charge in [0.25, 0.3) is 1.43 Å². The predicted octanol–water partition coefficient (Wildman–Crippen LogP) is 0.645. The topological polar surface area (TPSA) is 52.5 Å². The third-order valence-electron chi connectivity index (χ3n) is 1.46. The molecule has 0 aliphatic rings. The molecule has 66 valence electrons. The van der Waals surface area contributed by atoms with Crippen LogP contribution >= 0.6 is 0 Å². The summed E-state index contributed by atoms with van der Waals surface area (Å²) in [5, 5.41) is 9.67. The Bertz CT molecular complexity index is 350. The molecule has 0 saturated carbocycles. The second-order valence-electron chi connectivity index (χ2n) is 2.43. The molecule has 3 heteroatoms. The lowest BCUT2D eigenvalue weighted by molar-refractivity contribution is 0.177. The molecule has 3 N–H and O–H groups in total. The molecule has 0 bridgehead atoms. The average Bonchev–Trinajstić information content (AvgIpc) is 2.28. The summed E-state index contributed by atoms with van der Waals surface area (Å²) in [5.74, 6) is 0.263. The van der Waals surface area contributed by atoms with Crippen LogP contribution < -0.4 is 5.31 Å². The Balaban J connectivity index is 3.01. The van der Waals surface area contributed by atoms with Crippen LogP contribution in [0.5, 0.6) is 5.75 Å². The summed E-state index contributed by atoms with van der Waals surface area (Å²) in [4.78, 5) is 0. The number of nitrogens with one attached hydrogen (secondary N) is 1. The maximum absolute atomic E-state index is 7.92. The predicted molar refractivity (Wildman–Crippen MR) is 47.0 cm³/mol. The molecule has 1 rings (SSSR count). The first-order valence-corrected chi connectivity index (χ1v) is 3.60. The van der Waals surface area contributed by atoms with Crippen LogP contribution in [0.4, 0.5) is 0 Å². The van der Waals surface area contributed by atoms with Crippen molar-refractivity contribution in [2.24, 2.45) is 0 Å². The summed E-state index contributed by atoms with van der Waals surface area (Å²) in [7, 11) is 1.47. The Hall–Kier alpha value is -1.06. The molecular weight excluding hydrogens is 154 g/mol. The summed E-state index contributed by atoms with van der Waals surface area (Å²) in [6.45, 7) is -0.0854. The van der Waals surface area contributed by atoms with Crippen molar-refractivity contribution < 1.29 is 13.0 Å². The Morgan fingerprint density at radius 1 is 1.83 bits per heavy atom. The standard InChI is InChI=1S/C9H13NO2/c1-10-6-9(12)7-3-2-4-8(11)5-7/h2-5,9-12H,6H2,1H3/t9-/m1/s1/i9D,12D/hD2. The van der Waals surface area contributed by atoms with E-state index in [1.54, 1.807) is 18.2 Å². The van der Waals surface area contributed by atoms with E-state index in [-0.39, 0.29) is 12.3 Å². The molecule has 0 fully saturated rings. The zero-order valence-electron chi connectivity index (χ0n) is 10.8. The lowest BCUT2D eigenvalue weighted by Gasteiger charge is -2.09. The number of aliphatic hydroxyl groups is 1. The van der Waals surface area contributed by atoms with Crippen molar-refractivity contribution in [1.82, 2.24) is 5.31 Å². The zero-order valence-corrected chi connectivity index (χ0v) is 6.78. The molecule has 3 nitrogen and oxygen atoms in total. The monoisotopic (exact) mass is 171 g/mol. The molecule has 0 saturated heterocycles. The highest BCUT2D eigenvalue weighted by Gasteiger charge is 2.05. The van der Waals surface area contributed by atoms with Crippen molar-refractivity contribution in [3.8, 4) is 5.75 Å². The number of hydrogen-bond acceptors (Lipinski definition) is 3. The van der Waals surface area contributed by atoms with Crippen LogP contribution in [-0.2, 0) is 0 Å². The van der Waals surface area contributed by atoms with E-state index in [1.165, 1.54) is 13.1 Å². The smallest absolute Gasteiger partial charge is 0.293 e.